The van der Waals surface area contributed by atoms with E-state index in [9.17, 15) is 10.1 Å². The number of allylic oxidation sites excluding steroid dienone is 1. The highest BCUT2D eigenvalue weighted by Crippen LogP contribution is 2.34. The summed E-state index contributed by atoms with van der Waals surface area (Å²) in [7, 11) is 0. The maximum absolute atomic E-state index is 13.1. The SMILES string of the molecule is C=CCc1cc(/C=C(/C#N)C(=O)N2CCN(c3ccccc3)CC2)cc(OCC)c1OCC#N. The summed E-state index contributed by atoms with van der Waals surface area (Å²) < 4.78 is 11.3. The van der Waals surface area contributed by atoms with Crippen LogP contribution in [0, 0.1) is 22.7 Å². The van der Waals surface area contributed by atoms with Crippen LogP contribution in [0.25, 0.3) is 6.08 Å². The highest BCUT2D eigenvalue weighted by atomic mass is 16.5. The van der Waals surface area contributed by atoms with Crippen molar-refractivity contribution in [2.24, 2.45) is 0 Å². The summed E-state index contributed by atoms with van der Waals surface area (Å²) in [6, 6.07) is 17.7. The van der Waals surface area contributed by atoms with Crippen LogP contribution in [0.3, 0.4) is 0 Å². The fourth-order valence-corrected chi connectivity index (χ4v) is 3.89. The first-order valence-corrected chi connectivity index (χ1v) is 11.2. The minimum absolute atomic E-state index is 0.0610. The lowest BCUT2D eigenvalue weighted by atomic mass is 10.0. The van der Waals surface area contributed by atoms with Gasteiger partial charge in [-0.05, 0) is 49.2 Å². The van der Waals surface area contributed by atoms with E-state index in [-0.39, 0.29) is 18.1 Å². The summed E-state index contributed by atoms with van der Waals surface area (Å²) in [4.78, 5) is 17.1. The third-order valence-corrected chi connectivity index (χ3v) is 5.45. The smallest absolute Gasteiger partial charge is 0.264 e. The number of piperazine rings is 1. The molecule has 3 rings (SSSR count). The van der Waals surface area contributed by atoms with E-state index in [1.165, 1.54) is 0 Å². The van der Waals surface area contributed by atoms with E-state index in [0.29, 0.717) is 56.3 Å². The lowest BCUT2D eigenvalue weighted by Crippen LogP contribution is -2.49. The highest BCUT2D eigenvalue weighted by Gasteiger charge is 2.24. The van der Waals surface area contributed by atoms with Gasteiger partial charge in [0.05, 0.1) is 6.61 Å². The molecule has 0 unspecified atom stereocenters. The summed E-state index contributed by atoms with van der Waals surface area (Å²) in [5.41, 5.74) is 2.61. The Morgan fingerprint density at radius 3 is 2.47 bits per heavy atom. The zero-order chi connectivity index (χ0) is 24.3. The monoisotopic (exact) mass is 456 g/mol. The van der Waals surface area contributed by atoms with Crippen molar-refractivity contribution in [3.05, 3.63) is 71.8 Å². The van der Waals surface area contributed by atoms with Gasteiger partial charge in [-0.25, -0.2) is 0 Å². The molecule has 7 heteroatoms. The van der Waals surface area contributed by atoms with Crippen LogP contribution < -0.4 is 14.4 Å². The van der Waals surface area contributed by atoms with Gasteiger partial charge in [0.1, 0.15) is 17.7 Å². The Balaban J connectivity index is 1.82. The molecule has 0 saturated carbocycles. The summed E-state index contributed by atoms with van der Waals surface area (Å²) in [5, 5.41) is 18.7. The molecule has 0 aromatic heterocycles. The van der Waals surface area contributed by atoms with Gasteiger partial charge >= 0.3 is 0 Å². The molecule has 0 aliphatic carbocycles. The molecular weight excluding hydrogens is 428 g/mol. The molecule has 0 radical (unpaired) electrons. The van der Waals surface area contributed by atoms with Crippen molar-refractivity contribution < 1.29 is 14.3 Å². The number of rotatable bonds is 9. The van der Waals surface area contributed by atoms with E-state index in [4.69, 9.17) is 14.7 Å². The molecule has 1 aliphatic heterocycles. The number of hydrogen-bond donors (Lipinski definition) is 0. The summed E-state index contributed by atoms with van der Waals surface area (Å²) in [6.45, 7) is 8.41. The maximum atomic E-state index is 13.1. The van der Waals surface area contributed by atoms with Gasteiger partial charge in [0, 0.05) is 37.4 Å². The molecule has 1 saturated heterocycles. The first-order valence-electron chi connectivity index (χ1n) is 11.2. The van der Waals surface area contributed by atoms with E-state index in [2.05, 4.69) is 29.7 Å². The number of nitrogens with zero attached hydrogens (tertiary/aromatic N) is 4. The average molecular weight is 457 g/mol. The average Bonchev–Trinajstić information content (AvgIpc) is 2.87. The number of para-hydroxylation sites is 1. The van der Waals surface area contributed by atoms with Crippen molar-refractivity contribution in [2.75, 3.05) is 44.3 Å². The van der Waals surface area contributed by atoms with Gasteiger partial charge in [-0.2, -0.15) is 10.5 Å². The van der Waals surface area contributed by atoms with Crippen molar-refractivity contribution in [3.8, 4) is 23.6 Å². The molecule has 2 aromatic carbocycles. The minimum atomic E-state index is -0.289. The molecule has 0 atom stereocenters. The fraction of sp³-hybridized carbons (Fsp3) is 0.296. The molecule has 1 amide bonds. The number of ether oxygens (including phenoxy) is 2. The van der Waals surface area contributed by atoms with Crippen LogP contribution in [0.4, 0.5) is 5.69 Å². The number of hydrogen-bond acceptors (Lipinski definition) is 6. The first-order chi connectivity index (χ1) is 16.6. The van der Waals surface area contributed by atoms with E-state index in [1.807, 2.05) is 37.3 Å². The molecular formula is C27H28N4O3. The van der Waals surface area contributed by atoms with E-state index in [1.54, 1.807) is 23.1 Å². The van der Waals surface area contributed by atoms with Crippen LogP contribution in [0.1, 0.15) is 18.1 Å². The van der Waals surface area contributed by atoms with Gasteiger partial charge < -0.3 is 19.3 Å². The number of carbonyl (C=O) groups excluding carboxylic acids is 1. The van der Waals surface area contributed by atoms with Gasteiger partial charge in [-0.1, -0.05) is 24.3 Å². The lowest BCUT2D eigenvalue weighted by molar-refractivity contribution is -0.126. The molecule has 0 bridgehead atoms. The number of carbonyl (C=O) groups is 1. The van der Waals surface area contributed by atoms with Crippen molar-refractivity contribution in [2.45, 2.75) is 13.3 Å². The van der Waals surface area contributed by atoms with Crippen molar-refractivity contribution in [1.29, 1.82) is 10.5 Å². The first kappa shape index (κ1) is 24.4. The summed E-state index contributed by atoms with van der Waals surface area (Å²) in [6.07, 6.45) is 3.79. The maximum Gasteiger partial charge on any atom is 0.264 e. The topological polar surface area (TPSA) is 89.6 Å². The van der Waals surface area contributed by atoms with Gasteiger partial charge in [-0.15, -0.1) is 6.58 Å². The minimum Gasteiger partial charge on any atom is -0.490 e. The van der Waals surface area contributed by atoms with Crippen molar-refractivity contribution in [3.63, 3.8) is 0 Å². The Bertz CT molecular complexity index is 1120. The van der Waals surface area contributed by atoms with Gasteiger partial charge in [-0.3, -0.25) is 4.79 Å². The van der Waals surface area contributed by atoms with Gasteiger partial charge in [0.25, 0.3) is 5.91 Å². The lowest BCUT2D eigenvalue weighted by Gasteiger charge is -2.36. The number of nitriles is 2. The molecule has 2 aromatic rings. The largest absolute Gasteiger partial charge is 0.490 e. The third-order valence-electron chi connectivity index (χ3n) is 5.45. The van der Waals surface area contributed by atoms with Crippen LogP contribution in [0.15, 0.2) is 60.7 Å². The Morgan fingerprint density at radius 2 is 1.85 bits per heavy atom. The van der Waals surface area contributed by atoms with Crippen LogP contribution in [0.2, 0.25) is 0 Å². The van der Waals surface area contributed by atoms with Crippen LogP contribution in [-0.4, -0.2) is 50.2 Å². The summed E-state index contributed by atoms with van der Waals surface area (Å²) >= 11 is 0. The standard InChI is InChI=1S/C27H28N4O3/c1-3-8-22-17-21(19-25(33-4-2)26(22)34-16-11-28)18-23(20-29)27(32)31-14-12-30(13-15-31)24-9-6-5-7-10-24/h3,5-7,9-10,17-19H,1,4,8,12-16H2,2H3/b23-18-. The Morgan fingerprint density at radius 1 is 1.12 bits per heavy atom. The molecule has 1 heterocycles. The number of anilines is 1. The van der Waals surface area contributed by atoms with Crippen LogP contribution in [0.5, 0.6) is 11.5 Å². The van der Waals surface area contributed by atoms with Crippen molar-refractivity contribution in [1.82, 2.24) is 4.90 Å². The highest BCUT2D eigenvalue weighted by molar-refractivity contribution is 6.02. The zero-order valence-corrected chi connectivity index (χ0v) is 19.4. The Hall–Kier alpha value is -4.23. The molecule has 0 N–H and O–H groups in total. The zero-order valence-electron chi connectivity index (χ0n) is 19.4. The molecule has 1 aliphatic rings. The third kappa shape index (κ3) is 5.96. The quantitative estimate of drug-likeness (QED) is 0.322. The molecule has 174 valence electrons. The number of benzene rings is 2. The van der Waals surface area contributed by atoms with E-state index in [0.717, 1.165) is 11.3 Å². The second-order valence-electron chi connectivity index (χ2n) is 7.66. The second kappa shape index (κ2) is 12.1. The normalized spacial score (nSPS) is 13.6. The Labute approximate surface area is 200 Å². The predicted molar refractivity (Wildman–Crippen MR) is 131 cm³/mol. The van der Waals surface area contributed by atoms with E-state index >= 15 is 0 Å². The predicted octanol–water partition coefficient (Wildman–Crippen LogP) is 3.97. The molecule has 1 fully saturated rings. The summed E-state index contributed by atoms with van der Waals surface area (Å²) in [5.74, 6) is 0.648. The van der Waals surface area contributed by atoms with Crippen LogP contribution >= 0.6 is 0 Å². The Kier molecular flexibility index (Phi) is 8.71. The fourth-order valence-electron chi connectivity index (χ4n) is 3.89. The van der Waals surface area contributed by atoms with Crippen molar-refractivity contribution >= 4 is 17.7 Å². The van der Waals surface area contributed by atoms with E-state index < -0.39 is 0 Å². The second-order valence-corrected chi connectivity index (χ2v) is 7.66. The van der Waals surface area contributed by atoms with Gasteiger partial charge in [0.15, 0.2) is 18.1 Å². The molecule has 0 spiro atoms. The molecule has 7 nitrogen and oxygen atoms in total. The van der Waals surface area contributed by atoms with Gasteiger partial charge in [0.2, 0.25) is 0 Å². The number of amides is 1. The molecule has 34 heavy (non-hydrogen) atoms. The van der Waals surface area contributed by atoms with Crippen LogP contribution in [-0.2, 0) is 11.2 Å².